The summed E-state index contributed by atoms with van der Waals surface area (Å²) in [5.74, 6) is 1.24. The lowest BCUT2D eigenvalue weighted by atomic mass is 9.95. The average molecular weight is 293 g/mol. The van der Waals surface area contributed by atoms with Gasteiger partial charge in [0.05, 0.1) is 6.04 Å². The molecule has 2 aliphatic rings. The molecule has 4 heteroatoms. The van der Waals surface area contributed by atoms with Gasteiger partial charge in [0.1, 0.15) is 0 Å². The van der Waals surface area contributed by atoms with Crippen molar-refractivity contribution >= 4 is 23.0 Å². The maximum atomic E-state index is 6.16. The summed E-state index contributed by atoms with van der Waals surface area (Å²) < 4.78 is 5.45. The summed E-state index contributed by atoms with van der Waals surface area (Å²) in [6.07, 6.45) is 4.36. The normalized spacial score (nSPS) is 23.4. The number of anilines is 1. The van der Waals surface area contributed by atoms with E-state index in [9.17, 15) is 0 Å². The smallest absolute Gasteiger partial charge is 0.0631 e. The van der Waals surface area contributed by atoms with Gasteiger partial charge in [-0.05, 0) is 30.9 Å². The van der Waals surface area contributed by atoms with E-state index in [-0.39, 0.29) is 6.04 Å². The highest BCUT2D eigenvalue weighted by molar-refractivity contribution is 6.18. The number of nitrogens with two attached hydrogens (primary N) is 1. The van der Waals surface area contributed by atoms with E-state index in [1.165, 1.54) is 5.69 Å². The summed E-state index contributed by atoms with van der Waals surface area (Å²) in [5.41, 5.74) is 9.34. The molecule has 20 heavy (non-hydrogen) atoms. The van der Waals surface area contributed by atoms with Crippen molar-refractivity contribution in [3.63, 3.8) is 0 Å². The highest BCUT2D eigenvalue weighted by atomic mass is 35.5. The number of rotatable bonds is 3. The molecule has 1 aromatic carbocycles. The van der Waals surface area contributed by atoms with Gasteiger partial charge in [0.2, 0.25) is 0 Å². The van der Waals surface area contributed by atoms with Crippen LogP contribution in [0.5, 0.6) is 0 Å². The van der Waals surface area contributed by atoms with Gasteiger partial charge in [-0.15, -0.1) is 11.6 Å². The third kappa shape index (κ3) is 2.65. The van der Waals surface area contributed by atoms with E-state index in [0.717, 1.165) is 43.9 Å². The van der Waals surface area contributed by atoms with Crippen LogP contribution >= 0.6 is 11.6 Å². The fraction of sp³-hybridized carbons (Fsp3) is 0.500. The Kier molecular flexibility index (Phi) is 4.18. The fourth-order valence-corrected chi connectivity index (χ4v) is 3.36. The van der Waals surface area contributed by atoms with Crippen LogP contribution in [-0.4, -0.2) is 31.7 Å². The number of nitrogens with zero attached hydrogens (tertiary/aromatic N) is 1. The lowest BCUT2D eigenvalue weighted by molar-refractivity contribution is 0.0680. The molecular weight excluding hydrogens is 272 g/mol. The number of para-hydroxylation sites is 1. The lowest BCUT2D eigenvalue weighted by Gasteiger charge is -2.39. The Hall–Kier alpha value is -1.19. The van der Waals surface area contributed by atoms with E-state index in [4.69, 9.17) is 22.1 Å². The number of alkyl halides is 1. The number of halogens is 1. The zero-order chi connectivity index (χ0) is 13.9. The van der Waals surface area contributed by atoms with Crippen molar-refractivity contribution in [2.24, 2.45) is 11.7 Å². The van der Waals surface area contributed by atoms with Gasteiger partial charge in [0, 0.05) is 42.6 Å². The maximum absolute atomic E-state index is 6.16. The Morgan fingerprint density at radius 2 is 2.00 bits per heavy atom. The first kappa shape index (κ1) is 13.8. The summed E-state index contributed by atoms with van der Waals surface area (Å²) >= 11 is 6.16. The van der Waals surface area contributed by atoms with Gasteiger partial charge in [0.15, 0.2) is 0 Å². The van der Waals surface area contributed by atoms with Gasteiger partial charge in [-0.3, -0.25) is 0 Å². The molecule has 0 spiro atoms. The van der Waals surface area contributed by atoms with Gasteiger partial charge in [-0.2, -0.15) is 0 Å². The summed E-state index contributed by atoms with van der Waals surface area (Å²) in [7, 11) is 0. The molecular formula is C16H21ClN2O. The summed E-state index contributed by atoms with van der Waals surface area (Å²) in [6, 6.07) is 8.53. The molecule has 2 N–H and O–H groups in total. The Balaban J connectivity index is 1.87. The second-order valence-electron chi connectivity index (χ2n) is 5.57. The van der Waals surface area contributed by atoms with E-state index >= 15 is 0 Å². The summed E-state index contributed by atoms with van der Waals surface area (Å²) in [5, 5.41) is 0. The highest BCUT2D eigenvalue weighted by Gasteiger charge is 2.27. The van der Waals surface area contributed by atoms with Crippen LogP contribution in [0.15, 0.2) is 30.3 Å². The zero-order valence-corrected chi connectivity index (χ0v) is 12.4. The topological polar surface area (TPSA) is 38.5 Å². The Bertz CT molecular complexity index is 497. The van der Waals surface area contributed by atoms with Crippen LogP contribution in [0.2, 0.25) is 0 Å². The lowest BCUT2D eigenvalue weighted by Crippen LogP contribution is -2.43. The van der Waals surface area contributed by atoms with Gasteiger partial charge in [-0.1, -0.05) is 18.2 Å². The van der Waals surface area contributed by atoms with E-state index in [1.807, 2.05) is 6.07 Å². The third-order valence-corrected chi connectivity index (χ3v) is 4.57. The van der Waals surface area contributed by atoms with Gasteiger partial charge in [0.25, 0.3) is 0 Å². The van der Waals surface area contributed by atoms with Crippen molar-refractivity contribution < 1.29 is 4.74 Å². The summed E-state index contributed by atoms with van der Waals surface area (Å²) in [6.45, 7) is 2.79. The van der Waals surface area contributed by atoms with Gasteiger partial charge >= 0.3 is 0 Å². The zero-order valence-electron chi connectivity index (χ0n) is 11.6. The molecule has 1 aromatic rings. The average Bonchev–Trinajstić information content (AvgIpc) is 2.51. The number of fused-ring (bicyclic) bond motifs is 1. The first-order valence-electron chi connectivity index (χ1n) is 7.26. The van der Waals surface area contributed by atoms with Crippen molar-refractivity contribution in [2.75, 3.05) is 30.5 Å². The third-order valence-electron chi connectivity index (χ3n) is 4.25. The summed E-state index contributed by atoms with van der Waals surface area (Å²) in [4.78, 5) is 2.41. The predicted molar refractivity (Wildman–Crippen MR) is 84.0 cm³/mol. The van der Waals surface area contributed by atoms with Crippen molar-refractivity contribution in [3.8, 4) is 0 Å². The van der Waals surface area contributed by atoms with Crippen LogP contribution < -0.4 is 10.6 Å². The molecule has 1 saturated heterocycles. The number of hydrogen-bond donors (Lipinski definition) is 1. The molecule has 0 aliphatic carbocycles. The van der Waals surface area contributed by atoms with Crippen molar-refractivity contribution in [3.05, 3.63) is 35.9 Å². The van der Waals surface area contributed by atoms with Gasteiger partial charge < -0.3 is 15.4 Å². The molecule has 0 amide bonds. The largest absolute Gasteiger partial charge is 0.398 e. The first-order valence-corrected chi connectivity index (χ1v) is 7.80. The monoisotopic (exact) mass is 292 g/mol. The molecule has 108 valence electrons. The molecule has 3 nitrogen and oxygen atoms in total. The standard InChI is InChI=1S/C16H21ClN2O/c17-10-13-9-15(18)14-3-1-2-4-16(14)19(13)11-12-5-7-20-8-6-12/h1-4,9,12-13H,5-8,10-11,18H2. The molecule has 2 heterocycles. The SMILES string of the molecule is NC1=CC(CCl)N(CC2CCOCC2)c2ccccc21. The number of benzene rings is 1. The van der Waals surface area contributed by atoms with Crippen LogP contribution in [-0.2, 0) is 4.74 Å². The molecule has 0 saturated carbocycles. The minimum Gasteiger partial charge on any atom is -0.398 e. The molecule has 0 aromatic heterocycles. The second-order valence-corrected chi connectivity index (χ2v) is 5.88. The highest BCUT2D eigenvalue weighted by Crippen LogP contribution is 2.33. The van der Waals surface area contributed by atoms with Crippen LogP contribution in [0.3, 0.4) is 0 Å². The second kappa shape index (κ2) is 6.06. The van der Waals surface area contributed by atoms with Crippen LogP contribution in [0.1, 0.15) is 18.4 Å². The van der Waals surface area contributed by atoms with Crippen molar-refractivity contribution in [1.29, 1.82) is 0 Å². The maximum Gasteiger partial charge on any atom is 0.0631 e. The molecule has 2 aliphatic heterocycles. The fourth-order valence-electron chi connectivity index (χ4n) is 3.10. The van der Waals surface area contributed by atoms with Crippen LogP contribution in [0, 0.1) is 5.92 Å². The molecule has 1 fully saturated rings. The Morgan fingerprint density at radius 3 is 2.75 bits per heavy atom. The van der Waals surface area contributed by atoms with Gasteiger partial charge in [-0.25, -0.2) is 0 Å². The number of ether oxygens (including phenoxy) is 1. The van der Waals surface area contributed by atoms with Crippen LogP contribution in [0.25, 0.3) is 5.70 Å². The van der Waals surface area contributed by atoms with E-state index < -0.39 is 0 Å². The quantitative estimate of drug-likeness (QED) is 0.871. The van der Waals surface area contributed by atoms with Crippen molar-refractivity contribution in [2.45, 2.75) is 18.9 Å². The molecule has 1 unspecified atom stereocenters. The Morgan fingerprint density at radius 1 is 1.25 bits per heavy atom. The number of hydrogen-bond acceptors (Lipinski definition) is 3. The van der Waals surface area contributed by atoms with E-state index in [2.05, 4.69) is 29.2 Å². The predicted octanol–water partition coefficient (Wildman–Crippen LogP) is 2.84. The first-order chi connectivity index (χ1) is 9.79. The molecule has 3 rings (SSSR count). The molecule has 0 radical (unpaired) electrons. The minimum absolute atomic E-state index is 0.189. The Labute approximate surface area is 125 Å². The minimum atomic E-state index is 0.189. The van der Waals surface area contributed by atoms with E-state index in [1.54, 1.807) is 0 Å². The molecule has 0 bridgehead atoms. The molecule has 1 atom stereocenters. The van der Waals surface area contributed by atoms with E-state index in [0.29, 0.717) is 11.8 Å². The van der Waals surface area contributed by atoms with Crippen molar-refractivity contribution in [1.82, 2.24) is 0 Å². The van der Waals surface area contributed by atoms with Crippen LogP contribution in [0.4, 0.5) is 5.69 Å².